The van der Waals surface area contributed by atoms with Gasteiger partial charge in [0.25, 0.3) is 11.8 Å². The Morgan fingerprint density at radius 3 is 2.77 bits per heavy atom. The molecule has 1 unspecified atom stereocenters. The molecule has 0 N–H and O–H groups in total. The van der Waals surface area contributed by atoms with Gasteiger partial charge in [-0.3, -0.25) is 9.59 Å². The molecule has 3 heterocycles. The Morgan fingerprint density at radius 2 is 1.92 bits per heavy atom. The van der Waals surface area contributed by atoms with Gasteiger partial charge in [0, 0.05) is 36.7 Å². The number of ether oxygens (including phenoxy) is 3. The molecule has 39 heavy (non-hydrogen) atoms. The highest BCUT2D eigenvalue weighted by Crippen LogP contribution is 2.30. The molecule has 2 aliphatic rings. The molecule has 2 aliphatic heterocycles. The lowest BCUT2D eigenvalue weighted by Gasteiger charge is -2.44. The summed E-state index contributed by atoms with van der Waals surface area (Å²) < 4.78 is 20.4. The molecular formula is C31H39N3O5. The van der Waals surface area contributed by atoms with Gasteiger partial charge in [0.1, 0.15) is 18.1 Å². The summed E-state index contributed by atoms with van der Waals surface area (Å²) in [6, 6.07) is 16.1. The lowest BCUT2D eigenvalue weighted by atomic mass is 9.91. The molecule has 1 atom stereocenters. The predicted octanol–water partition coefficient (Wildman–Crippen LogP) is 4.12. The minimum absolute atomic E-state index is 0.0641. The Balaban J connectivity index is 1.28. The number of carbonyl (C=O) groups excluding carboxylic acids is 2. The van der Waals surface area contributed by atoms with Crippen LogP contribution in [0.4, 0.5) is 0 Å². The minimum Gasteiger partial charge on any atom is -0.491 e. The van der Waals surface area contributed by atoms with Gasteiger partial charge < -0.3 is 28.6 Å². The zero-order valence-electron chi connectivity index (χ0n) is 23.3. The molecule has 208 valence electrons. The van der Waals surface area contributed by atoms with E-state index in [0.29, 0.717) is 45.0 Å². The lowest BCUT2D eigenvalue weighted by molar-refractivity contribution is -0.177. The Hall–Kier alpha value is -3.52. The standard InChI is InChI=1S/C31H39N3O5/c1-4-33-15-17-37-28-11-6-5-9-24(28)10-7-8-14-31(30(33)36)22-34(16-18-39-31)29(35)21-38-26-12-13-27-25(20-26)19-23(2)32(27)3/h5-6,9,11-13,19-20H,4,7-8,10,14-18,21-22H2,1-3H3. The van der Waals surface area contributed by atoms with E-state index in [1.54, 1.807) is 9.80 Å². The maximum Gasteiger partial charge on any atom is 0.260 e. The van der Waals surface area contributed by atoms with Crippen LogP contribution < -0.4 is 9.47 Å². The van der Waals surface area contributed by atoms with Crippen LogP contribution in [0.15, 0.2) is 48.5 Å². The first-order chi connectivity index (χ1) is 18.9. The number of benzene rings is 2. The SMILES string of the molecule is CCN1CCOc2ccccc2CCCCC2(CN(C(=O)COc3ccc4c(c3)cc(C)n4C)CCO2)C1=O. The molecule has 0 aliphatic carbocycles. The molecule has 8 nitrogen and oxygen atoms in total. The van der Waals surface area contributed by atoms with Crippen LogP contribution in [-0.2, 0) is 27.8 Å². The zero-order valence-corrected chi connectivity index (χ0v) is 23.3. The van der Waals surface area contributed by atoms with Crippen LogP contribution in [-0.4, -0.2) is 77.8 Å². The average molecular weight is 534 g/mol. The predicted molar refractivity (Wildman–Crippen MR) is 150 cm³/mol. The number of aromatic nitrogens is 1. The van der Waals surface area contributed by atoms with Crippen LogP contribution >= 0.6 is 0 Å². The van der Waals surface area contributed by atoms with Crippen molar-refractivity contribution in [1.82, 2.24) is 14.4 Å². The monoisotopic (exact) mass is 533 g/mol. The van der Waals surface area contributed by atoms with E-state index in [2.05, 4.69) is 23.6 Å². The molecule has 1 fully saturated rings. The van der Waals surface area contributed by atoms with E-state index >= 15 is 0 Å². The maximum atomic E-state index is 13.9. The van der Waals surface area contributed by atoms with Gasteiger partial charge in [0.05, 0.1) is 19.7 Å². The van der Waals surface area contributed by atoms with Gasteiger partial charge in [-0.1, -0.05) is 18.2 Å². The molecule has 0 saturated carbocycles. The summed E-state index contributed by atoms with van der Waals surface area (Å²) in [6.07, 6.45) is 3.16. The Bertz CT molecular complexity index is 1340. The Labute approximate surface area is 230 Å². The van der Waals surface area contributed by atoms with Gasteiger partial charge in [-0.05, 0) is 75.4 Å². The second kappa shape index (κ2) is 11.7. The number of fused-ring (bicyclic) bond motifs is 2. The van der Waals surface area contributed by atoms with Gasteiger partial charge >= 0.3 is 0 Å². The first-order valence-electron chi connectivity index (χ1n) is 14.0. The van der Waals surface area contributed by atoms with Crippen LogP contribution in [0.5, 0.6) is 11.5 Å². The van der Waals surface area contributed by atoms with Crippen LogP contribution in [0.1, 0.15) is 37.4 Å². The number of morpholine rings is 1. The molecule has 0 radical (unpaired) electrons. The molecule has 1 aromatic heterocycles. The number of likely N-dealkylation sites (N-methyl/N-ethyl adjacent to an activating group) is 1. The molecule has 5 rings (SSSR count). The molecule has 1 spiro atoms. The highest BCUT2D eigenvalue weighted by molar-refractivity contribution is 5.87. The van der Waals surface area contributed by atoms with E-state index in [1.807, 2.05) is 50.4 Å². The van der Waals surface area contributed by atoms with E-state index in [1.165, 1.54) is 5.56 Å². The van der Waals surface area contributed by atoms with Crippen molar-refractivity contribution in [3.8, 4) is 11.5 Å². The molecule has 2 aromatic carbocycles. The van der Waals surface area contributed by atoms with E-state index in [4.69, 9.17) is 14.2 Å². The number of aryl methyl sites for hydroxylation is 3. The Kier molecular flexibility index (Phi) is 8.12. The fraction of sp³-hybridized carbons (Fsp3) is 0.484. The largest absolute Gasteiger partial charge is 0.491 e. The van der Waals surface area contributed by atoms with Crippen molar-refractivity contribution in [2.45, 2.75) is 45.1 Å². The second-order valence-electron chi connectivity index (χ2n) is 10.6. The molecule has 2 amide bonds. The zero-order chi connectivity index (χ0) is 27.4. The minimum atomic E-state index is -1.05. The number of carbonyl (C=O) groups is 2. The number of amides is 2. The number of rotatable bonds is 4. The summed E-state index contributed by atoms with van der Waals surface area (Å²) in [5.41, 5.74) is 2.42. The Morgan fingerprint density at radius 1 is 1.08 bits per heavy atom. The fourth-order valence-corrected chi connectivity index (χ4v) is 5.71. The first kappa shape index (κ1) is 27.1. The highest BCUT2D eigenvalue weighted by Gasteiger charge is 2.46. The second-order valence-corrected chi connectivity index (χ2v) is 10.6. The first-order valence-corrected chi connectivity index (χ1v) is 14.0. The molecular weight excluding hydrogens is 494 g/mol. The lowest BCUT2D eigenvalue weighted by Crippen LogP contribution is -2.62. The summed E-state index contributed by atoms with van der Waals surface area (Å²) in [5.74, 6) is 1.35. The van der Waals surface area contributed by atoms with Crippen molar-refractivity contribution in [1.29, 1.82) is 0 Å². The maximum absolute atomic E-state index is 13.9. The average Bonchev–Trinajstić information content (AvgIpc) is 3.24. The van der Waals surface area contributed by atoms with E-state index in [9.17, 15) is 9.59 Å². The summed E-state index contributed by atoms with van der Waals surface area (Å²) in [6.45, 7) is 6.38. The van der Waals surface area contributed by atoms with Crippen molar-refractivity contribution in [2.75, 3.05) is 46.0 Å². The molecule has 0 bridgehead atoms. The quantitative estimate of drug-likeness (QED) is 0.505. The summed E-state index contributed by atoms with van der Waals surface area (Å²) in [5, 5.41) is 1.08. The van der Waals surface area contributed by atoms with Crippen molar-refractivity contribution in [2.24, 2.45) is 7.05 Å². The van der Waals surface area contributed by atoms with Crippen molar-refractivity contribution in [3.05, 3.63) is 59.8 Å². The third-order valence-electron chi connectivity index (χ3n) is 8.08. The van der Waals surface area contributed by atoms with Gasteiger partial charge in [-0.2, -0.15) is 0 Å². The normalized spacial score (nSPS) is 20.7. The third-order valence-corrected chi connectivity index (χ3v) is 8.08. The van der Waals surface area contributed by atoms with Crippen molar-refractivity contribution >= 4 is 22.7 Å². The van der Waals surface area contributed by atoms with E-state index in [-0.39, 0.29) is 25.0 Å². The number of para-hydroxylation sites is 1. The highest BCUT2D eigenvalue weighted by atomic mass is 16.5. The molecule has 1 saturated heterocycles. The molecule has 3 aromatic rings. The van der Waals surface area contributed by atoms with Gasteiger partial charge in [-0.15, -0.1) is 0 Å². The number of hydrogen-bond donors (Lipinski definition) is 0. The van der Waals surface area contributed by atoms with Gasteiger partial charge in [-0.25, -0.2) is 0 Å². The van der Waals surface area contributed by atoms with Gasteiger partial charge in [0.15, 0.2) is 12.2 Å². The van der Waals surface area contributed by atoms with Crippen LogP contribution in [0.25, 0.3) is 10.9 Å². The van der Waals surface area contributed by atoms with Crippen LogP contribution in [0.3, 0.4) is 0 Å². The van der Waals surface area contributed by atoms with E-state index in [0.717, 1.165) is 41.6 Å². The smallest absolute Gasteiger partial charge is 0.260 e. The van der Waals surface area contributed by atoms with Crippen molar-refractivity contribution < 1.29 is 23.8 Å². The number of hydrogen-bond acceptors (Lipinski definition) is 5. The summed E-state index contributed by atoms with van der Waals surface area (Å²) in [7, 11) is 2.03. The van der Waals surface area contributed by atoms with Crippen molar-refractivity contribution in [3.63, 3.8) is 0 Å². The van der Waals surface area contributed by atoms with E-state index < -0.39 is 5.60 Å². The summed E-state index contributed by atoms with van der Waals surface area (Å²) >= 11 is 0. The third kappa shape index (κ3) is 5.76. The fourth-order valence-electron chi connectivity index (χ4n) is 5.71. The van der Waals surface area contributed by atoms with Crippen LogP contribution in [0.2, 0.25) is 0 Å². The topological polar surface area (TPSA) is 73.2 Å². The van der Waals surface area contributed by atoms with Gasteiger partial charge in [0.2, 0.25) is 0 Å². The summed E-state index contributed by atoms with van der Waals surface area (Å²) in [4.78, 5) is 30.7. The van der Waals surface area contributed by atoms with Crippen LogP contribution in [0, 0.1) is 6.92 Å². The number of nitrogens with zero attached hydrogens (tertiary/aromatic N) is 3. The molecule has 8 heteroatoms.